The number of hydrogen-bond acceptors (Lipinski definition) is 3. The highest BCUT2D eigenvalue weighted by atomic mass is 16.5. The van der Waals surface area contributed by atoms with Crippen LogP contribution in [0.4, 0.5) is 0 Å². The van der Waals surface area contributed by atoms with Crippen LogP contribution in [0.25, 0.3) is 0 Å². The van der Waals surface area contributed by atoms with Crippen LogP contribution in [0.5, 0.6) is 0 Å². The molecular weight excluding hydrogens is 188 g/mol. The fourth-order valence-electron chi connectivity index (χ4n) is 2.26. The van der Waals surface area contributed by atoms with E-state index >= 15 is 0 Å². The average Bonchev–Trinajstić information content (AvgIpc) is 2.19. The van der Waals surface area contributed by atoms with Crippen molar-refractivity contribution in [1.29, 1.82) is 0 Å². The number of hydrogen-bond donors (Lipinski definition) is 2. The monoisotopic (exact) mass is 214 g/mol. The van der Waals surface area contributed by atoms with Crippen molar-refractivity contribution in [2.75, 3.05) is 20.3 Å². The van der Waals surface area contributed by atoms with Gasteiger partial charge < -0.3 is 15.8 Å². The zero-order valence-corrected chi connectivity index (χ0v) is 10.4. The van der Waals surface area contributed by atoms with Crippen molar-refractivity contribution in [2.24, 2.45) is 11.7 Å². The van der Waals surface area contributed by atoms with Gasteiger partial charge in [0.1, 0.15) is 0 Å². The first-order valence-corrected chi connectivity index (χ1v) is 6.07. The van der Waals surface area contributed by atoms with E-state index in [1.807, 2.05) is 0 Å². The Morgan fingerprint density at radius 3 is 2.47 bits per heavy atom. The molecular formula is C12H26N2O. The summed E-state index contributed by atoms with van der Waals surface area (Å²) in [5, 5.41) is 3.43. The molecule has 15 heavy (non-hydrogen) atoms. The molecule has 1 heterocycles. The lowest BCUT2D eigenvalue weighted by atomic mass is 9.86. The predicted octanol–water partition coefficient (Wildman–Crippen LogP) is 1.52. The average molecular weight is 214 g/mol. The summed E-state index contributed by atoms with van der Waals surface area (Å²) in [7, 11) is 2.06. The lowest BCUT2D eigenvalue weighted by molar-refractivity contribution is 0.0527. The van der Waals surface area contributed by atoms with E-state index in [0.29, 0.717) is 6.04 Å². The molecule has 3 nitrogen and oxygen atoms in total. The third-order valence-electron chi connectivity index (χ3n) is 3.31. The molecule has 0 aliphatic carbocycles. The fraction of sp³-hybridized carbons (Fsp3) is 1.00. The molecule has 0 aromatic carbocycles. The van der Waals surface area contributed by atoms with E-state index < -0.39 is 0 Å². The number of nitrogens with two attached hydrogens (primary N) is 1. The predicted molar refractivity (Wildman–Crippen MR) is 63.9 cm³/mol. The molecule has 1 fully saturated rings. The minimum atomic E-state index is -0.0414. The minimum Gasteiger partial charge on any atom is -0.381 e. The molecule has 90 valence electrons. The van der Waals surface area contributed by atoms with Gasteiger partial charge in [-0.3, -0.25) is 0 Å². The molecule has 0 amide bonds. The lowest BCUT2D eigenvalue weighted by Crippen LogP contribution is -2.40. The van der Waals surface area contributed by atoms with E-state index in [0.717, 1.165) is 25.6 Å². The highest BCUT2D eigenvalue weighted by Gasteiger charge is 2.24. The van der Waals surface area contributed by atoms with E-state index in [1.165, 1.54) is 19.3 Å². The van der Waals surface area contributed by atoms with Gasteiger partial charge in [0.15, 0.2) is 0 Å². The van der Waals surface area contributed by atoms with E-state index in [2.05, 4.69) is 26.2 Å². The van der Waals surface area contributed by atoms with Crippen molar-refractivity contribution in [3.63, 3.8) is 0 Å². The van der Waals surface area contributed by atoms with Crippen LogP contribution >= 0.6 is 0 Å². The SMILES string of the molecule is CNC(CCC(C)(C)N)C1CCOCC1. The topological polar surface area (TPSA) is 47.3 Å². The summed E-state index contributed by atoms with van der Waals surface area (Å²) in [5.41, 5.74) is 5.97. The van der Waals surface area contributed by atoms with Gasteiger partial charge in [-0.1, -0.05) is 0 Å². The van der Waals surface area contributed by atoms with Crippen molar-refractivity contribution in [2.45, 2.75) is 51.1 Å². The largest absolute Gasteiger partial charge is 0.381 e. The molecule has 1 aliphatic rings. The van der Waals surface area contributed by atoms with Crippen LogP contribution in [-0.4, -0.2) is 31.8 Å². The Morgan fingerprint density at radius 1 is 1.40 bits per heavy atom. The maximum absolute atomic E-state index is 6.02. The quantitative estimate of drug-likeness (QED) is 0.729. The van der Waals surface area contributed by atoms with Gasteiger partial charge in [0, 0.05) is 24.8 Å². The summed E-state index contributed by atoms with van der Waals surface area (Å²) < 4.78 is 5.39. The summed E-state index contributed by atoms with van der Waals surface area (Å²) in [5.74, 6) is 0.770. The fourth-order valence-corrected chi connectivity index (χ4v) is 2.26. The third-order valence-corrected chi connectivity index (χ3v) is 3.31. The Balaban J connectivity index is 2.34. The molecule has 0 aromatic heterocycles. The molecule has 0 bridgehead atoms. The summed E-state index contributed by atoms with van der Waals surface area (Å²) in [6, 6.07) is 0.608. The summed E-state index contributed by atoms with van der Waals surface area (Å²) >= 11 is 0. The van der Waals surface area contributed by atoms with Crippen molar-refractivity contribution in [1.82, 2.24) is 5.32 Å². The highest BCUT2D eigenvalue weighted by molar-refractivity contribution is 4.81. The lowest BCUT2D eigenvalue weighted by Gasteiger charge is -2.32. The maximum Gasteiger partial charge on any atom is 0.0469 e. The van der Waals surface area contributed by atoms with Crippen LogP contribution in [0.2, 0.25) is 0 Å². The van der Waals surface area contributed by atoms with E-state index in [-0.39, 0.29) is 5.54 Å². The van der Waals surface area contributed by atoms with Gasteiger partial charge in [-0.25, -0.2) is 0 Å². The summed E-state index contributed by atoms with van der Waals surface area (Å²) in [6.07, 6.45) is 4.63. The normalized spacial score (nSPS) is 21.6. The van der Waals surface area contributed by atoms with Crippen LogP contribution in [0.15, 0.2) is 0 Å². The molecule has 1 saturated heterocycles. The molecule has 1 rings (SSSR count). The second kappa shape index (κ2) is 5.83. The van der Waals surface area contributed by atoms with E-state index in [1.54, 1.807) is 0 Å². The van der Waals surface area contributed by atoms with Crippen LogP contribution in [0.3, 0.4) is 0 Å². The Morgan fingerprint density at radius 2 is 2.00 bits per heavy atom. The molecule has 3 N–H and O–H groups in total. The van der Waals surface area contributed by atoms with Crippen molar-refractivity contribution in [3.05, 3.63) is 0 Å². The molecule has 1 atom stereocenters. The minimum absolute atomic E-state index is 0.0414. The van der Waals surface area contributed by atoms with Gasteiger partial charge in [0.25, 0.3) is 0 Å². The number of rotatable bonds is 5. The Bertz CT molecular complexity index is 171. The van der Waals surface area contributed by atoms with Gasteiger partial charge in [0.05, 0.1) is 0 Å². The van der Waals surface area contributed by atoms with Gasteiger partial charge in [0.2, 0.25) is 0 Å². The van der Waals surface area contributed by atoms with E-state index in [4.69, 9.17) is 10.5 Å². The molecule has 0 radical (unpaired) electrons. The first kappa shape index (κ1) is 12.9. The zero-order valence-electron chi connectivity index (χ0n) is 10.4. The van der Waals surface area contributed by atoms with Gasteiger partial charge in [-0.2, -0.15) is 0 Å². The van der Waals surface area contributed by atoms with Crippen LogP contribution in [0.1, 0.15) is 39.5 Å². The number of nitrogens with one attached hydrogen (secondary N) is 1. The highest BCUT2D eigenvalue weighted by Crippen LogP contribution is 2.23. The maximum atomic E-state index is 6.02. The molecule has 0 saturated carbocycles. The van der Waals surface area contributed by atoms with Crippen molar-refractivity contribution < 1.29 is 4.74 Å². The Kier molecular flexibility index (Phi) is 5.03. The first-order valence-electron chi connectivity index (χ1n) is 6.07. The molecule has 0 spiro atoms. The van der Waals surface area contributed by atoms with Crippen LogP contribution in [-0.2, 0) is 4.74 Å². The standard InChI is InChI=1S/C12H26N2O/c1-12(2,13)7-4-11(14-3)10-5-8-15-9-6-10/h10-11,14H,4-9,13H2,1-3H3. The summed E-state index contributed by atoms with van der Waals surface area (Å²) in [6.45, 7) is 6.05. The van der Waals surface area contributed by atoms with Gasteiger partial charge >= 0.3 is 0 Å². The molecule has 3 heteroatoms. The van der Waals surface area contributed by atoms with Crippen molar-refractivity contribution >= 4 is 0 Å². The van der Waals surface area contributed by atoms with Crippen LogP contribution < -0.4 is 11.1 Å². The van der Waals surface area contributed by atoms with Crippen LogP contribution in [0, 0.1) is 5.92 Å². The van der Waals surface area contributed by atoms with Gasteiger partial charge in [-0.05, 0) is 52.5 Å². The summed E-state index contributed by atoms with van der Waals surface area (Å²) in [4.78, 5) is 0. The second-order valence-corrected chi connectivity index (χ2v) is 5.37. The molecule has 1 unspecified atom stereocenters. The second-order valence-electron chi connectivity index (χ2n) is 5.37. The molecule has 0 aromatic rings. The van der Waals surface area contributed by atoms with Gasteiger partial charge in [-0.15, -0.1) is 0 Å². The first-order chi connectivity index (χ1) is 7.03. The van der Waals surface area contributed by atoms with Crippen molar-refractivity contribution in [3.8, 4) is 0 Å². The third kappa shape index (κ3) is 4.96. The van der Waals surface area contributed by atoms with E-state index in [9.17, 15) is 0 Å². The smallest absolute Gasteiger partial charge is 0.0469 e. The zero-order chi connectivity index (χ0) is 11.3. The number of ether oxygens (including phenoxy) is 1. The molecule has 1 aliphatic heterocycles. The Labute approximate surface area is 93.8 Å². The Hall–Kier alpha value is -0.120.